The highest BCUT2D eigenvalue weighted by Crippen LogP contribution is 2.27. The Morgan fingerprint density at radius 1 is 1.05 bits per heavy atom. The first-order valence-electron chi connectivity index (χ1n) is 6.74. The number of hydrogen-bond donors (Lipinski definition) is 1. The van der Waals surface area contributed by atoms with Crippen molar-refractivity contribution in [3.05, 3.63) is 52.8 Å². The average Bonchev–Trinajstić information content (AvgIpc) is 2.77. The monoisotopic (exact) mass is 266 g/mol. The summed E-state index contributed by atoms with van der Waals surface area (Å²) < 4.78 is 1.91. The molecule has 0 amide bonds. The van der Waals surface area contributed by atoms with Crippen LogP contribution in [0.4, 0.5) is 0 Å². The molecule has 1 aromatic carbocycles. The van der Waals surface area contributed by atoms with Gasteiger partial charge in [-0.1, -0.05) is 18.2 Å². The summed E-state index contributed by atoms with van der Waals surface area (Å²) in [6.45, 7) is 6.64. The Hall–Kier alpha value is -2.20. The molecule has 0 aliphatic rings. The fourth-order valence-corrected chi connectivity index (χ4v) is 2.76. The topological polar surface area (TPSA) is 56.7 Å². The zero-order chi connectivity index (χ0) is 14.3. The third kappa shape index (κ3) is 1.80. The first kappa shape index (κ1) is 12.8. The Morgan fingerprint density at radius 3 is 2.40 bits per heavy atom. The number of aromatic nitrogens is 3. The maximum atomic E-state index is 5.84. The first-order chi connectivity index (χ1) is 9.63. The highest BCUT2D eigenvalue weighted by Gasteiger charge is 2.16. The Kier molecular flexibility index (Phi) is 3.03. The van der Waals surface area contributed by atoms with Gasteiger partial charge in [0.05, 0.1) is 11.4 Å². The van der Waals surface area contributed by atoms with E-state index >= 15 is 0 Å². The van der Waals surface area contributed by atoms with Gasteiger partial charge in [-0.25, -0.2) is 9.67 Å². The van der Waals surface area contributed by atoms with Crippen molar-refractivity contribution in [1.29, 1.82) is 0 Å². The molecule has 102 valence electrons. The van der Waals surface area contributed by atoms with Gasteiger partial charge in [0.25, 0.3) is 0 Å². The standard InChI is InChI=1S/C16H18N4/c1-10-14(9-17)11(2)18-16-15(10)12(3)19-20(16)13-7-5-4-6-8-13/h4-8H,9,17H2,1-3H3. The lowest BCUT2D eigenvalue weighted by atomic mass is 10.0. The minimum Gasteiger partial charge on any atom is -0.326 e. The number of nitrogens with two attached hydrogens (primary N) is 1. The van der Waals surface area contributed by atoms with E-state index in [2.05, 4.69) is 12.0 Å². The van der Waals surface area contributed by atoms with Crippen molar-refractivity contribution in [2.45, 2.75) is 27.3 Å². The van der Waals surface area contributed by atoms with Crippen LogP contribution in [-0.2, 0) is 6.54 Å². The highest BCUT2D eigenvalue weighted by molar-refractivity contribution is 5.84. The van der Waals surface area contributed by atoms with E-state index in [4.69, 9.17) is 10.7 Å². The van der Waals surface area contributed by atoms with Crippen molar-refractivity contribution in [2.75, 3.05) is 0 Å². The van der Waals surface area contributed by atoms with Crippen molar-refractivity contribution in [1.82, 2.24) is 14.8 Å². The molecule has 0 radical (unpaired) electrons. The minimum atomic E-state index is 0.510. The van der Waals surface area contributed by atoms with Crippen LogP contribution in [0.1, 0.15) is 22.5 Å². The molecule has 0 aliphatic carbocycles. The van der Waals surface area contributed by atoms with Crippen LogP contribution < -0.4 is 5.73 Å². The number of para-hydroxylation sites is 1. The lowest BCUT2D eigenvalue weighted by molar-refractivity contribution is 0.873. The van der Waals surface area contributed by atoms with Gasteiger partial charge < -0.3 is 5.73 Å². The third-order valence-corrected chi connectivity index (χ3v) is 3.78. The van der Waals surface area contributed by atoms with Crippen LogP contribution in [0.5, 0.6) is 0 Å². The molecule has 3 aromatic rings. The maximum Gasteiger partial charge on any atom is 0.163 e. The Bertz CT molecular complexity index is 772. The summed E-state index contributed by atoms with van der Waals surface area (Å²) in [5.74, 6) is 0. The van der Waals surface area contributed by atoms with Crippen LogP contribution in [0.2, 0.25) is 0 Å². The lowest BCUT2D eigenvalue weighted by Crippen LogP contribution is -2.06. The van der Waals surface area contributed by atoms with E-state index in [1.54, 1.807) is 0 Å². The Balaban J connectivity index is 2.38. The largest absolute Gasteiger partial charge is 0.326 e. The van der Waals surface area contributed by atoms with E-state index in [1.807, 2.05) is 48.9 Å². The summed E-state index contributed by atoms with van der Waals surface area (Å²) in [4.78, 5) is 4.72. The number of pyridine rings is 1. The van der Waals surface area contributed by atoms with Crippen LogP contribution in [0.15, 0.2) is 30.3 Å². The number of benzene rings is 1. The molecule has 3 rings (SSSR count). The molecule has 0 spiro atoms. The van der Waals surface area contributed by atoms with Gasteiger partial charge in [0.15, 0.2) is 5.65 Å². The normalized spacial score (nSPS) is 11.2. The molecule has 2 aromatic heterocycles. The zero-order valence-electron chi connectivity index (χ0n) is 12.0. The fourth-order valence-electron chi connectivity index (χ4n) is 2.76. The molecule has 0 unspecified atom stereocenters. The van der Waals surface area contributed by atoms with Crippen LogP contribution >= 0.6 is 0 Å². The molecular weight excluding hydrogens is 248 g/mol. The van der Waals surface area contributed by atoms with E-state index < -0.39 is 0 Å². The van der Waals surface area contributed by atoms with Crippen LogP contribution in [0.25, 0.3) is 16.7 Å². The number of hydrogen-bond acceptors (Lipinski definition) is 3. The van der Waals surface area contributed by atoms with Gasteiger partial charge in [0.1, 0.15) is 0 Å². The summed E-state index contributed by atoms with van der Waals surface area (Å²) >= 11 is 0. The highest BCUT2D eigenvalue weighted by atomic mass is 15.3. The summed E-state index contributed by atoms with van der Waals surface area (Å²) in [6.07, 6.45) is 0. The van der Waals surface area contributed by atoms with E-state index in [0.717, 1.165) is 33.7 Å². The molecule has 2 heterocycles. The summed E-state index contributed by atoms with van der Waals surface area (Å²) in [5.41, 5.74) is 12.1. The van der Waals surface area contributed by atoms with E-state index in [1.165, 1.54) is 5.56 Å². The smallest absolute Gasteiger partial charge is 0.163 e. The molecule has 0 bridgehead atoms. The second-order valence-corrected chi connectivity index (χ2v) is 5.04. The summed E-state index contributed by atoms with van der Waals surface area (Å²) in [5, 5.41) is 5.76. The first-order valence-corrected chi connectivity index (χ1v) is 6.74. The van der Waals surface area contributed by atoms with Gasteiger partial charge in [0, 0.05) is 17.6 Å². The third-order valence-electron chi connectivity index (χ3n) is 3.78. The van der Waals surface area contributed by atoms with Gasteiger partial charge in [-0.3, -0.25) is 0 Å². The van der Waals surface area contributed by atoms with E-state index in [-0.39, 0.29) is 0 Å². The number of fused-ring (bicyclic) bond motifs is 1. The van der Waals surface area contributed by atoms with Crippen molar-refractivity contribution in [3.8, 4) is 5.69 Å². The molecular formula is C16H18N4. The van der Waals surface area contributed by atoms with Crippen LogP contribution in [0.3, 0.4) is 0 Å². The molecule has 0 aliphatic heterocycles. The fraction of sp³-hybridized carbons (Fsp3) is 0.250. The number of rotatable bonds is 2. The average molecular weight is 266 g/mol. The van der Waals surface area contributed by atoms with E-state index in [9.17, 15) is 0 Å². The van der Waals surface area contributed by atoms with Gasteiger partial charge in [-0.05, 0) is 44.0 Å². The van der Waals surface area contributed by atoms with Crippen molar-refractivity contribution < 1.29 is 0 Å². The molecule has 2 N–H and O–H groups in total. The second kappa shape index (κ2) is 4.72. The van der Waals surface area contributed by atoms with Gasteiger partial charge in [0.2, 0.25) is 0 Å². The molecule has 4 heteroatoms. The van der Waals surface area contributed by atoms with Crippen LogP contribution in [0, 0.1) is 20.8 Å². The maximum absolute atomic E-state index is 5.84. The van der Waals surface area contributed by atoms with Gasteiger partial charge >= 0.3 is 0 Å². The van der Waals surface area contributed by atoms with Gasteiger partial charge in [-0.15, -0.1) is 0 Å². The minimum absolute atomic E-state index is 0.510. The summed E-state index contributed by atoms with van der Waals surface area (Å²) in [6, 6.07) is 10.1. The lowest BCUT2D eigenvalue weighted by Gasteiger charge is -2.09. The molecule has 4 nitrogen and oxygen atoms in total. The predicted octanol–water partition coefficient (Wildman–Crippen LogP) is 2.80. The van der Waals surface area contributed by atoms with E-state index in [0.29, 0.717) is 6.54 Å². The van der Waals surface area contributed by atoms with Crippen LogP contribution in [-0.4, -0.2) is 14.8 Å². The molecule has 0 fully saturated rings. The number of nitrogens with zero attached hydrogens (tertiary/aromatic N) is 3. The molecule has 0 atom stereocenters. The van der Waals surface area contributed by atoms with Crippen molar-refractivity contribution in [2.24, 2.45) is 5.73 Å². The predicted molar refractivity (Wildman–Crippen MR) is 81.0 cm³/mol. The van der Waals surface area contributed by atoms with Crippen molar-refractivity contribution in [3.63, 3.8) is 0 Å². The second-order valence-electron chi connectivity index (χ2n) is 5.04. The quantitative estimate of drug-likeness (QED) is 0.776. The molecule has 20 heavy (non-hydrogen) atoms. The Morgan fingerprint density at radius 2 is 1.75 bits per heavy atom. The molecule has 0 saturated carbocycles. The zero-order valence-corrected chi connectivity index (χ0v) is 12.0. The molecule has 0 saturated heterocycles. The summed E-state index contributed by atoms with van der Waals surface area (Å²) in [7, 11) is 0. The SMILES string of the molecule is Cc1nc2c(c(C)nn2-c2ccccc2)c(C)c1CN. The number of aryl methyl sites for hydroxylation is 3. The van der Waals surface area contributed by atoms with Gasteiger partial charge in [-0.2, -0.15) is 5.10 Å². The Labute approximate surface area is 118 Å². The van der Waals surface area contributed by atoms with Crippen molar-refractivity contribution >= 4 is 11.0 Å².